The average Bonchev–Trinajstić information content (AvgIpc) is 2.39. The van der Waals surface area contributed by atoms with Crippen LogP contribution in [0.15, 0.2) is 0 Å². The number of amides is 1. The van der Waals surface area contributed by atoms with E-state index in [9.17, 15) is 4.79 Å². The van der Waals surface area contributed by atoms with Crippen molar-refractivity contribution in [2.45, 2.75) is 25.8 Å². The summed E-state index contributed by atoms with van der Waals surface area (Å²) in [6.45, 7) is 8.91. The standard InChI is InChI=1S/C12H23N3O2/c1-2-13-5-3-11(4-6-13)14-7-9-15(10-8-14)12(16)17/h11H,2-10H2,1H3,(H,16,17). The van der Waals surface area contributed by atoms with E-state index in [1.165, 1.54) is 30.8 Å². The van der Waals surface area contributed by atoms with Crippen LogP contribution < -0.4 is 0 Å². The van der Waals surface area contributed by atoms with Gasteiger partial charge in [-0.3, -0.25) is 4.90 Å². The molecule has 2 rings (SSSR count). The van der Waals surface area contributed by atoms with Crippen molar-refractivity contribution in [2.24, 2.45) is 0 Å². The number of carbonyl (C=O) groups is 1. The number of nitrogens with zero attached hydrogens (tertiary/aromatic N) is 3. The van der Waals surface area contributed by atoms with E-state index in [1.807, 2.05) is 0 Å². The first kappa shape index (κ1) is 12.6. The Bertz CT molecular complexity index is 256. The van der Waals surface area contributed by atoms with Crippen molar-refractivity contribution in [3.63, 3.8) is 0 Å². The van der Waals surface area contributed by atoms with Crippen molar-refractivity contribution in [3.05, 3.63) is 0 Å². The zero-order valence-electron chi connectivity index (χ0n) is 10.6. The molecular weight excluding hydrogens is 218 g/mol. The first-order valence-corrected chi connectivity index (χ1v) is 6.65. The molecule has 0 aromatic rings. The Labute approximate surface area is 103 Å². The third-order valence-electron chi connectivity index (χ3n) is 4.11. The summed E-state index contributed by atoms with van der Waals surface area (Å²) in [5.41, 5.74) is 0. The van der Waals surface area contributed by atoms with Crippen LogP contribution in [0.1, 0.15) is 19.8 Å². The third-order valence-corrected chi connectivity index (χ3v) is 4.11. The third kappa shape index (κ3) is 3.10. The molecule has 0 aliphatic carbocycles. The molecule has 2 aliphatic rings. The summed E-state index contributed by atoms with van der Waals surface area (Å²) in [6, 6.07) is 0.675. The number of hydrogen-bond acceptors (Lipinski definition) is 3. The lowest BCUT2D eigenvalue weighted by molar-refractivity contribution is 0.0588. The van der Waals surface area contributed by atoms with Gasteiger partial charge in [-0.05, 0) is 32.5 Å². The maximum absolute atomic E-state index is 10.8. The maximum Gasteiger partial charge on any atom is 0.407 e. The Morgan fingerprint density at radius 3 is 2.18 bits per heavy atom. The molecule has 0 aromatic heterocycles. The summed E-state index contributed by atoms with van der Waals surface area (Å²) in [7, 11) is 0. The predicted molar refractivity (Wildman–Crippen MR) is 66.3 cm³/mol. The molecule has 2 heterocycles. The Hall–Kier alpha value is -0.810. The van der Waals surface area contributed by atoms with Gasteiger partial charge >= 0.3 is 6.09 Å². The molecular formula is C12H23N3O2. The van der Waals surface area contributed by atoms with Crippen LogP contribution in [0.2, 0.25) is 0 Å². The molecule has 2 saturated heterocycles. The van der Waals surface area contributed by atoms with Crippen molar-refractivity contribution < 1.29 is 9.90 Å². The number of hydrogen-bond donors (Lipinski definition) is 1. The normalized spacial score (nSPS) is 25.1. The highest BCUT2D eigenvalue weighted by Crippen LogP contribution is 2.18. The Morgan fingerprint density at radius 2 is 1.71 bits per heavy atom. The second-order valence-corrected chi connectivity index (χ2v) is 4.97. The van der Waals surface area contributed by atoms with Gasteiger partial charge in [-0.2, -0.15) is 0 Å². The van der Waals surface area contributed by atoms with Gasteiger partial charge in [-0.15, -0.1) is 0 Å². The van der Waals surface area contributed by atoms with Gasteiger partial charge in [0.1, 0.15) is 0 Å². The lowest BCUT2D eigenvalue weighted by atomic mass is 10.0. The molecule has 0 radical (unpaired) electrons. The second kappa shape index (κ2) is 5.69. The molecule has 0 saturated carbocycles. The molecule has 0 bridgehead atoms. The van der Waals surface area contributed by atoms with E-state index in [4.69, 9.17) is 5.11 Å². The highest BCUT2D eigenvalue weighted by atomic mass is 16.4. The average molecular weight is 241 g/mol. The number of rotatable bonds is 2. The molecule has 0 spiro atoms. The van der Waals surface area contributed by atoms with Crippen molar-refractivity contribution in [2.75, 3.05) is 45.8 Å². The fraction of sp³-hybridized carbons (Fsp3) is 0.917. The minimum atomic E-state index is -0.773. The zero-order valence-corrected chi connectivity index (χ0v) is 10.6. The minimum absolute atomic E-state index is 0.670. The molecule has 1 amide bonds. The number of piperazine rings is 1. The van der Waals surface area contributed by atoms with Crippen molar-refractivity contribution in [3.8, 4) is 0 Å². The summed E-state index contributed by atoms with van der Waals surface area (Å²) in [6.07, 6.45) is 1.70. The molecule has 98 valence electrons. The molecule has 17 heavy (non-hydrogen) atoms. The van der Waals surface area contributed by atoms with Gasteiger partial charge in [0.15, 0.2) is 0 Å². The van der Waals surface area contributed by atoms with Crippen LogP contribution in [0.3, 0.4) is 0 Å². The zero-order chi connectivity index (χ0) is 12.3. The maximum atomic E-state index is 10.8. The van der Waals surface area contributed by atoms with Crippen LogP contribution in [0.4, 0.5) is 4.79 Å². The van der Waals surface area contributed by atoms with Gasteiger partial charge in [-0.25, -0.2) is 4.79 Å². The quantitative estimate of drug-likeness (QED) is 0.775. The van der Waals surface area contributed by atoms with Crippen molar-refractivity contribution in [1.29, 1.82) is 0 Å². The number of carboxylic acid groups (broad SMARTS) is 1. The van der Waals surface area contributed by atoms with Gasteiger partial charge in [0, 0.05) is 32.2 Å². The predicted octanol–water partition coefficient (Wildman–Crippen LogP) is 0.766. The SMILES string of the molecule is CCN1CCC(N2CCN(C(=O)O)CC2)CC1. The van der Waals surface area contributed by atoms with Gasteiger partial charge in [0.05, 0.1) is 0 Å². The van der Waals surface area contributed by atoms with Gasteiger partial charge in [-0.1, -0.05) is 6.92 Å². The minimum Gasteiger partial charge on any atom is -0.465 e. The van der Waals surface area contributed by atoms with E-state index in [0.717, 1.165) is 19.6 Å². The second-order valence-electron chi connectivity index (χ2n) is 4.97. The monoisotopic (exact) mass is 241 g/mol. The highest BCUT2D eigenvalue weighted by molar-refractivity contribution is 5.65. The summed E-state index contributed by atoms with van der Waals surface area (Å²) >= 11 is 0. The molecule has 2 fully saturated rings. The van der Waals surface area contributed by atoms with Crippen LogP contribution in [-0.2, 0) is 0 Å². The van der Waals surface area contributed by atoms with E-state index >= 15 is 0 Å². The Morgan fingerprint density at radius 1 is 1.12 bits per heavy atom. The van der Waals surface area contributed by atoms with Crippen LogP contribution >= 0.6 is 0 Å². The highest BCUT2D eigenvalue weighted by Gasteiger charge is 2.28. The van der Waals surface area contributed by atoms with E-state index in [-0.39, 0.29) is 0 Å². The van der Waals surface area contributed by atoms with Crippen molar-refractivity contribution in [1.82, 2.24) is 14.7 Å². The summed E-state index contributed by atoms with van der Waals surface area (Å²) in [4.78, 5) is 17.3. The van der Waals surface area contributed by atoms with Gasteiger partial charge in [0.25, 0.3) is 0 Å². The fourth-order valence-electron chi connectivity index (χ4n) is 2.88. The molecule has 5 nitrogen and oxygen atoms in total. The molecule has 2 aliphatic heterocycles. The summed E-state index contributed by atoms with van der Waals surface area (Å²) < 4.78 is 0. The van der Waals surface area contributed by atoms with Crippen LogP contribution in [0.5, 0.6) is 0 Å². The Balaban J connectivity index is 1.76. The first-order valence-electron chi connectivity index (χ1n) is 6.65. The largest absolute Gasteiger partial charge is 0.465 e. The van der Waals surface area contributed by atoms with Gasteiger partial charge in [0.2, 0.25) is 0 Å². The van der Waals surface area contributed by atoms with E-state index in [2.05, 4.69) is 16.7 Å². The fourth-order valence-corrected chi connectivity index (χ4v) is 2.88. The first-order chi connectivity index (χ1) is 8.20. The van der Waals surface area contributed by atoms with E-state index in [1.54, 1.807) is 0 Å². The lowest BCUT2D eigenvalue weighted by Gasteiger charge is -2.42. The van der Waals surface area contributed by atoms with Crippen LogP contribution in [-0.4, -0.2) is 77.8 Å². The lowest BCUT2D eigenvalue weighted by Crippen LogP contribution is -2.54. The molecule has 0 atom stereocenters. The molecule has 0 aromatic carbocycles. The van der Waals surface area contributed by atoms with E-state index < -0.39 is 6.09 Å². The molecule has 0 unspecified atom stereocenters. The number of likely N-dealkylation sites (tertiary alicyclic amines) is 1. The van der Waals surface area contributed by atoms with Crippen LogP contribution in [0.25, 0.3) is 0 Å². The van der Waals surface area contributed by atoms with Crippen LogP contribution in [0, 0.1) is 0 Å². The molecule has 1 N–H and O–H groups in total. The molecule has 5 heteroatoms. The van der Waals surface area contributed by atoms with Crippen molar-refractivity contribution >= 4 is 6.09 Å². The topological polar surface area (TPSA) is 47.0 Å². The van der Waals surface area contributed by atoms with Gasteiger partial charge < -0.3 is 14.9 Å². The smallest absolute Gasteiger partial charge is 0.407 e. The Kier molecular flexibility index (Phi) is 4.23. The van der Waals surface area contributed by atoms with E-state index in [0.29, 0.717) is 19.1 Å². The summed E-state index contributed by atoms with van der Waals surface area (Å²) in [5, 5.41) is 8.90. The summed E-state index contributed by atoms with van der Waals surface area (Å²) in [5.74, 6) is 0. The number of piperidine rings is 1.